The average molecular weight is 391 g/mol. The van der Waals surface area contributed by atoms with Gasteiger partial charge in [0.2, 0.25) is 0 Å². The van der Waals surface area contributed by atoms with Crippen molar-refractivity contribution in [3.8, 4) is 0 Å². The number of methoxy groups -OCH3 is 1. The molecule has 0 radical (unpaired) electrons. The molecule has 0 spiro atoms. The summed E-state index contributed by atoms with van der Waals surface area (Å²) in [5.41, 5.74) is 1.57. The topological polar surface area (TPSA) is 80.2 Å². The molecule has 1 aliphatic rings. The number of ether oxygens (including phenoxy) is 1. The van der Waals surface area contributed by atoms with Crippen LogP contribution in [0.15, 0.2) is 34.2 Å². The van der Waals surface area contributed by atoms with Crippen LogP contribution in [-0.2, 0) is 17.0 Å². The number of nitrogens with one attached hydrogen (secondary N) is 1. The van der Waals surface area contributed by atoms with Gasteiger partial charge in [0.15, 0.2) is 5.16 Å². The molecule has 27 heavy (non-hydrogen) atoms. The predicted octanol–water partition coefficient (Wildman–Crippen LogP) is 2.53. The fraction of sp³-hybridized carbons (Fsp3) is 0.526. The highest BCUT2D eigenvalue weighted by Gasteiger charge is 2.18. The smallest absolute Gasteiger partial charge is 0.343 e. The lowest BCUT2D eigenvalue weighted by atomic mass is 10.1. The lowest BCUT2D eigenvalue weighted by molar-refractivity contribution is 0.0724. The number of thioether (sulfide) groups is 1. The molecule has 8 heteroatoms. The Bertz CT molecular complexity index is 811. The van der Waals surface area contributed by atoms with Crippen molar-refractivity contribution in [2.24, 2.45) is 0 Å². The van der Waals surface area contributed by atoms with E-state index < -0.39 is 0 Å². The van der Waals surface area contributed by atoms with Crippen molar-refractivity contribution in [1.82, 2.24) is 19.7 Å². The van der Waals surface area contributed by atoms with Gasteiger partial charge in [0.1, 0.15) is 0 Å². The van der Waals surface area contributed by atoms with Crippen molar-refractivity contribution in [2.75, 3.05) is 26.8 Å². The predicted molar refractivity (Wildman–Crippen MR) is 105 cm³/mol. The van der Waals surface area contributed by atoms with Crippen LogP contribution in [-0.4, -0.2) is 52.4 Å². The SMILES string of the molecule is COCCCn1c(SCc2cccc(C(=O)N3CCCCC3)c2)n[nH]c1=O. The first kappa shape index (κ1) is 19.7. The zero-order chi connectivity index (χ0) is 19.1. The van der Waals surface area contributed by atoms with Crippen LogP contribution in [0.4, 0.5) is 0 Å². The van der Waals surface area contributed by atoms with E-state index >= 15 is 0 Å². The van der Waals surface area contributed by atoms with Crippen LogP contribution in [0, 0.1) is 0 Å². The van der Waals surface area contributed by atoms with Crippen molar-refractivity contribution in [2.45, 2.75) is 43.1 Å². The molecular weight excluding hydrogens is 364 g/mol. The number of hydrogen-bond acceptors (Lipinski definition) is 5. The van der Waals surface area contributed by atoms with Crippen molar-refractivity contribution < 1.29 is 9.53 Å². The number of carbonyl (C=O) groups is 1. The molecule has 1 aromatic carbocycles. The number of H-pyrrole nitrogens is 1. The fourth-order valence-corrected chi connectivity index (χ4v) is 4.11. The van der Waals surface area contributed by atoms with E-state index in [1.165, 1.54) is 18.2 Å². The van der Waals surface area contributed by atoms with Crippen LogP contribution in [0.3, 0.4) is 0 Å². The summed E-state index contributed by atoms with van der Waals surface area (Å²) in [5, 5.41) is 7.28. The number of rotatable bonds is 8. The molecule has 0 atom stereocenters. The molecule has 1 aliphatic heterocycles. The van der Waals surface area contributed by atoms with Crippen LogP contribution < -0.4 is 5.69 Å². The average Bonchev–Trinajstić information content (AvgIpc) is 3.06. The molecule has 0 bridgehead atoms. The van der Waals surface area contributed by atoms with E-state index in [4.69, 9.17) is 4.74 Å². The Morgan fingerprint density at radius 3 is 2.89 bits per heavy atom. The number of hydrogen-bond donors (Lipinski definition) is 1. The van der Waals surface area contributed by atoms with E-state index in [9.17, 15) is 9.59 Å². The Labute approximate surface area is 163 Å². The van der Waals surface area contributed by atoms with Gasteiger partial charge in [0, 0.05) is 44.7 Å². The number of likely N-dealkylation sites (tertiary alicyclic amines) is 1. The second kappa shape index (κ2) is 9.75. The van der Waals surface area contributed by atoms with E-state index in [1.54, 1.807) is 11.7 Å². The lowest BCUT2D eigenvalue weighted by Gasteiger charge is -2.26. The quantitative estimate of drug-likeness (QED) is 0.553. The number of aromatic amines is 1. The molecule has 1 aromatic heterocycles. The molecule has 7 nitrogen and oxygen atoms in total. The summed E-state index contributed by atoms with van der Waals surface area (Å²) < 4.78 is 6.68. The second-order valence-electron chi connectivity index (χ2n) is 6.65. The van der Waals surface area contributed by atoms with E-state index in [0.717, 1.165) is 43.5 Å². The van der Waals surface area contributed by atoms with Gasteiger partial charge in [-0.25, -0.2) is 9.89 Å². The Morgan fingerprint density at radius 2 is 2.11 bits per heavy atom. The minimum absolute atomic E-state index is 0.109. The highest BCUT2D eigenvalue weighted by Crippen LogP contribution is 2.21. The molecule has 0 saturated carbocycles. The first-order valence-corrected chi connectivity index (χ1v) is 10.3. The monoisotopic (exact) mass is 390 g/mol. The van der Waals surface area contributed by atoms with Crippen LogP contribution in [0.2, 0.25) is 0 Å². The summed E-state index contributed by atoms with van der Waals surface area (Å²) in [4.78, 5) is 26.5. The molecule has 1 N–H and O–H groups in total. The second-order valence-corrected chi connectivity index (χ2v) is 7.59. The minimum atomic E-state index is -0.206. The van der Waals surface area contributed by atoms with Gasteiger partial charge < -0.3 is 9.64 Å². The van der Waals surface area contributed by atoms with Gasteiger partial charge in [-0.1, -0.05) is 23.9 Å². The van der Waals surface area contributed by atoms with E-state index in [1.807, 2.05) is 29.2 Å². The number of benzene rings is 1. The van der Waals surface area contributed by atoms with Gasteiger partial charge in [0.25, 0.3) is 5.91 Å². The minimum Gasteiger partial charge on any atom is -0.385 e. The Balaban J connectivity index is 1.63. The van der Waals surface area contributed by atoms with Gasteiger partial charge in [-0.05, 0) is 43.4 Å². The maximum atomic E-state index is 12.7. The van der Waals surface area contributed by atoms with Crippen LogP contribution >= 0.6 is 11.8 Å². The summed E-state index contributed by atoms with van der Waals surface area (Å²) >= 11 is 1.49. The largest absolute Gasteiger partial charge is 0.385 e. The molecule has 1 saturated heterocycles. The summed E-state index contributed by atoms with van der Waals surface area (Å²) in [6.45, 7) is 2.86. The van der Waals surface area contributed by atoms with Crippen molar-refractivity contribution >= 4 is 17.7 Å². The first-order chi connectivity index (χ1) is 13.2. The van der Waals surface area contributed by atoms with Crippen LogP contribution in [0.1, 0.15) is 41.6 Å². The first-order valence-electron chi connectivity index (χ1n) is 9.34. The van der Waals surface area contributed by atoms with Gasteiger partial charge in [-0.2, -0.15) is 0 Å². The molecular formula is C19H26N4O3S. The normalized spacial score (nSPS) is 14.5. The maximum Gasteiger partial charge on any atom is 0.343 e. The van der Waals surface area contributed by atoms with Gasteiger partial charge in [-0.3, -0.25) is 9.36 Å². The third-order valence-electron chi connectivity index (χ3n) is 4.64. The molecule has 1 amide bonds. The highest BCUT2D eigenvalue weighted by molar-refractivity contribution is 7.98. The molecule has 0 aliphatic carbocycles. The number of amides is 1. The summed E-state index contributed by atoms with van der Waals surface area (Å²) in [6.07, 6.45) is 4.13. The summed E-state index contributed by atoms with van der Waals surface area (Å²) in [5.74, 6) is 0.758. The molecule has 0 unspecified atom stereocenters. The molecule has 3 rings (SSSR count). The van der Waals surface area contributed by atoms with Crippen LogP contribution in [0.25, 0.3) is 0 Å². The summed E-state index contributed by atoms with van der Waals surface area (Å²) in [7, 11) is 1.64. The van der Waals surface area contributed by atoms with E-state index in [2.05, 4.69) is 10.2 Å². The number of aromatic nitrogens is 3. The third kappa shape index (κ3) is 5.23. The Kier molecular flexibility index (Phi) is 7.11. The molecule has 2 aromatic rings. The Hall–Kier alpha value is -2.06. The number of nitrogens with zero attached hydrogens (tertiary/aromatic N) is 3. The van der Waals surface area contributed by atoms with Crippen molar-refractivity contribution in [1.29, 1.82) is 0 Å². The third-order valence-corrected chi connectivity index (χ3v) is 5.69. The fourth-order valence-electron chi connectivity index (χ4n) is 3.20. The maximum absolute atomic E-state index is 12.7. The summed E-state index contributed by atoms with van der Waals surface area (Å²) in [6, 6.07) is 7.74. The lowest BCUT2D eigenvalue weighted by Crippen LogP contribution is -2.35. The zero-order valence-electron chi connectivity index (χ0n) is 15.6. The molecule has 1 fully saturated rings. The number of piperidine rings is 1. The van der Waals surface area contributed by atoms with E-state index in [0.29, 0.717) is 24.1 Å². The zero-order valence-corrected chi connectivity index (χ0v) is 16.5. The van der Waals surface area contributed by atoms with E-state index in [-0.39, 0.29) is 11.6 Å². The van der Waals surface area contributed by atoms with Crippen molar-refractivity contribution in [3.63, 3.8) is 0 Å². The molecule has 2 heterocycles. The van der Waals surface area contributed by atoms with Gasteiger partial charge >= 0.3 is 5.69 Å². The van der Waals surface area contributed by atoms with Gasteiger partial charge in [0.05, 0.1) is 0 Å². The van der Waals surface area contributed by atoms with Crippen molar-refractivity contribution in [3.05, 3.63) is 45.9 Å². The van der Waals surface area contributed by atoms with Gasteiger partial charge in [-0.15, -0.1) is 5.10 Å². The van der Waals surface area contributed by atoms with Crippen LogP contribution in [0.5, 0.6) is 0 Å². The standard InChI is InChI=1S/C19H26N4O3S/c1-26-12-6-11-23-18(25)20-21-19(23)27-14-15-7-5-8-16(13-15)17(24)22-9-3-2-4-10-22/h5,7-8,13H,2-4,6,9-12,14H2,1H3,(H,20,25). The highest BCUT2D eigenvalue weighted by atomic mass is 32.2. The number of carbonyl (C=O) groups excluding carboxylic acids is 1. The Morgan fingerprint density at radius 1 is 1.30 bits per heavy atom. The molecule has 146 valence electrons.